The summed E-state index contributed by atoms with van der Waals surface area (Å²) in [5.74, 6) is -0.745. The Bertz CT molecular complexity index is 1130. The number of nitrogens with zero attached hydrogens (tertiary/aromatic N) is 1. The summed E-state index contributed by atoms with van der Waals surface area (Å²) in [4.78, 5) is 39.0. The highest BCUT2D eigenvalue weighted by Gasteiger charge is 2.66. The van der Waals surface area contributed by atoms with Crippen LogP contribution in [-0.4, -0.2) is 53.2 Å². The van der Waals surface area contributed by atoms with Crippen LogP contribution in [0, 0.1) is 11.3 Å². The number of alkyl carbamates (subject to hydrolysis) is 1. The van der Waals surface area contributed by atoms with E-state index in [4.69, 9.17) is 4.74 Å². The van der Waals surface area contributed by atoms with E-state index in [0.717, 1.165) is 19.3 Å². The zero-order valence-electron chi connectivity index (χ0n) is 18.9. The highest BCUT2D eigenvalue weighted by Crippen LogP contribution is 2.64. The second-order valence-electron chi connectivity index (χ2n) is 10.2. The molecule has 2 aromatic rings. The Morgan fingerprint density at radius 3 is 2.38 bits per heavy atom. The minimum absolute atomic E-state index is 0.00571. The van der Waals surface area contributed by atoms with Gasteiger partial charge in [0.15, 0.2) is 0 Å². The number of hydrogen-bond acceptors (Lipinski definition) is 4. The Morgan fingerprint density at radius 2 is 1.71 bits per heavy atom. The van der Waals surface area contributed by atoms with Crippen molar-refractivity contribution in [3.63, 3.8) is 0 Å². The van der Waals surface area contributed by atoms with E-state index in [9.17, 15) is 19.5 Å². The molecule has 1 aliphatic heterocycles. The van der Waals surface area contributed by atoms with Crippen molar-refractivity contribution in [2.75, 3.05) is 13.2 Å². The van der Waals surface area contributed by atoms with E-state index in [1.165, 1.54) is 22.3 Å². The van der Waals surface area contributed by atoms with Crippen LogP contribution >= 0.6 is 0 Å². The molecule has 0 aromatic heterocycles. The molecule has 3 fully saturated rings. The Balaban J connectivity index is 1.07. The van der Waals surface area contributed by atoms with Crippen LogP contribution in [0.3, 0.4) is 0 Å². The fourth-order valence-corrected chi connectivity index (χ4v) is 6.62. The predicted molar refractivity (Wildman–Crippen MR) is 124 cm³/mol. The number of carbonyl (C=O) groups excluding carboxylic acids is 2. The summed E-state index contributed by atoms with van der Waals surface area (Å²) in [6, 6.07) is 15.6. The van der Waals surface area contributed by atoms with Crippen LogP contribution in [0.4, 0.5) is 4.79 Å². The summed E-state index contributed by atoms with van der Waals surface area (Å²) in [6.07, 6.45) is 2.87. The van der Waals surface area contributed by atoms with Gasteiger partial charge in [0.05, 0.1) is 5.41 Å². The molecule has 4 aliphatic rings. The van der Waals surface area contributed by atoms with Crippen LogP contribution < -0.4 is 5.32 Å². The number of benzene rings is 2. The Kier molecular flexibility index (Phi) is 4.90. The molecule has 0 unspecified atom stereocenters. The van der Waals surface area contributed by atoms with Gasteiger partial charge in [-0.05, 0) is 60.3 Å². The van der Waals surface area contributed by atoms with Crippen LogP contribution in [-0.2, 0) is 14.3 Å². The Labute approximate surface area is 198 Å². The third-order valence-electron chi connectivity index (χ3n) is 8.30. The van der Waals surface area contributed by atoms with Gasteiger partial charge in [-0.1, -0.05) is 48.5 Å². The fraction of sp³-hybridized carbons (Fsp3) is 0.444. The first kappa shape index (κ1) is 21.2. The zero-order chi connectivity index (χ0) is 23.4. The Hall–Kier alpha value is -3.35. The quantitative estimate of drug-likeness (QED) is 0.708. The monoisotopic (exact) mass is 460 g/mol. The molecule has 6 rings (SSSR count). The van der Waals surface area contributed by atoms with Gasteiger partial charge in [0, 0.05) is 18.5 Å². The van der Waals surface area contributed by atoms with Gasteiger partial charge in [0.25, 0.3) is 0 Å². The van der Waals surface area contributed by atoms with Crippen molar-refractivity contribution in [1.82, 2.24) is 10.2 Å². The summed E-state index contributed by atoms with van der Waals surface area (Å²) in [6.45, 7) is 0.767. The molecule has 0 spiro atoms. The second kappa shape index (κ2) is 7.86. The molecule has 1 heterocycles. The van der Waals surface area contributed by atoms with E-state index in [1.54, 1.807) is 4.90 Å². The van der Waals surface area contributed by atoms with Gasteiger partial charge in [0.2, 0.25) is 5.91 Å². The standard InChI is InChI=1S/C27H28N2O5/c30-24(31)23-10-5-11-29(23)25(32)27-13-16(27)12-17(14-27)28-26(33)34-15-22-20-8-3-1-6-18(20)19-7-2-4-9-21(19)22/h1-4,6-9,16-17,22-23H,5,10-15H2,(H,28,33)(H,30,31)/t16-,17+,23-,27+/m0/s1. The minimum atomic E-state index is -0.925. The number of fused-ring (bicyclic) bond motifs is 4. The lowest BCUT2D eigenvalue weighted by molar-refractivity contribution is -0.150. The SMILES string of the molecule is O=C(N[C@@H]1C[C@H]2C[C@@]2(C(=O)N2CCC[C@H]2C(=O)O)C1)OCC1c2ccccc2-c2ccccc21. The molecule has 176 valence electrons. The molecular formula is C27H28N2O5. The van der Waals surface area contributed by atoms with Gasteiger partial charge in [-0.25, -0.2) is 9.59 Å². The third-order valence-corrected chi connectivity index (χ3v) is 8.30. The first-order valence-corrected chi connectivity index (χ1v) is 12.1. The van der Waals surface area contributed by atoms with E-state index in [0.29, 0.717) is 19.4 Å². The highest BCUT2D eigenvalue weighted by atomic mass is 16.5. The van der Waals surface area contributed by atoms with E-state index in [1.807, 2.05) is 24.3 Å². The van der Waals surface area contributed by atoms with E-state index in [-0.39, 0.29) is 30.4 Å². The number of hydrogen-bond donors (Lipinski definition) is 2. The van der Waals surface area contributed by atoms with Crippen LogP contribution in [0.5, 0.6) is 0 Å². The largest absolute Gasteiger partial charge is 0.480 e. The van der Waals surface area contributed by atoms with E-state index >= 15 is 0 Å². The van der Waals surface area contributed by atoms with Crippen LogP contribution in [0.15, 0.2) is 48.5 Å². The van der Waals surface area contributed by atoms with Crippen molar-refractivity contribution >= 4 is 18.0 Å². The van der Waals surface area contributed by atoms with Gasteiger partial charge in [-0.15, -0.1) is 0 Å². The van der Waals surface area contributed by atoms with Crippen molar-refractivity contribution in [3.8, 4) is 11.1 Å². The van der Waals surface area contributed by atoms with Gasteiger partial charge < -0.3 is 20.1 Å². The molecular weight excluding hydrogens is 432 g/mol. The third kappa shape index (κ3) is 3.29. The smallest absolute Gasteiger partial charge is 0.407 e. The molecule has 1 saturated heterocycles. The van der Waals surface area contributed by atoms with Gasteiger partial charge in [-0.3, -0.25) is 4.79 Å². The molecule has 3 aliphatic carbocycles. The summed E-state index contributed by atoms with van der Waals surface area (Å²) < 4.78 is 5.67. The van der Waals surface area contributed by atoms with Crippen LogP contribution in [0.2, 0.25) is 0 Å². The van der Waals surface area contributed by atoms with Crippen LogP contribution in [0.1, 0.15) is 49.1 Å². The van der Waals surface area contributed by atoms with Crippen molar-refractivity contribution in [2.24, 2.45) is 11.3 Å². The van der Waals surface area contributed by atoms with Crippen molar-refractivity contribution in [3.05, 3.63) is 59.7 Å². The maximum Gasteiger partial charge on any atom is 0.407 e. The molecule has 7 nitrogen and oxygen atoms in total. The average molecular weight is 461 g/mol. The maximum absolute atomic E-state index is 13.2. The van der Waals surface area contributed by atoms with E-state index in [2.05, 4.69) is 29.6 Å². The lowest BCUT2D eigenvalue weighted by Gasteiger charge is -2.26. The first-order valence-electron chi connectivity index (χ1n) is 12.1. The average Bonchev–Trinajstić information content (AvgIpc) is 3.18. The molecule has 2 N–H and O–H groups in total. The molecule has 2 saturated carbocycles. The molecule has 7 heteroatoms. The van der Waals surface area contributed by atoms with Crippen molar-refractivity contribution in [1.29, 1.82) is 0 Å². The topological polar surface area (TPSA) is 95.9 Å². The Morgan fingerprint density at radius 1 is 1.03 bits per heavy atom. The highest BCUT2D eigenvalue weighted by molar-refractivity contribution is 5.91. The van der Waals surface area contributed by atoms with Crippen molar-refractivity contribution in [2.45, 2.75) is 50.1 Å². The molecule has 34 heavy (non-hydrogen) atoms. The summed E-state index contributed by atoms with van der Waals surface area (Å²) in [5.41, 5.74) is 4.21. The summed E-state index contributed by atoms with van der Waals surface area (Å²) in [7, 11) is 0. The lowest BCUT2D eigenvalue weighted by atomic mass is 9.98. The van der Waals surface area contributed by atoms with E-state index < -0.39 is 23.5 Å². The van der Waals surface area contributed by atoms with Gasteiger partial charge in [-0.2, -0.15) is 0 Å². The number of rotatable bonds is 5. The minimum Gasteiger partial charge on any atom is -0.480 e. The number of carboxylic acid groups (broad SMARTS) is 1. The molecule has 2 aromatic carbocycles. The number of ether oxygens (including phenoxy) is 1. The predicted octanol–water partition coefficient (Wildman–Crippen LogP) is 3.77. The number of carbonyl (C=O) groups is 3. The number of likely N-dealkylation sites (tertiary alicyclic amines) is 1. The van der Waals surface area contributed by atoms with Crippen molar-refractivity contribution < 1.29 is 24.2 Å². The number of carboxylic acids is 1. The summed E-state index contributed by atoms with van der Waals surface area (Å²) in [5, 5.41) is 12.4. The number of amides is 2. The zero-order valence-corrected chi connectivity index (χ0v) is 18.9. The van der Waals surface area contributed by atoms with Gasteiger partial charge in [0.1, 0.15) is 12.6 Å². The second-order valence-corrected chi connectivity index (χ2v) is 10.2. The molecule has 4 atom stereocenters. The van der Waals surface area contributed by atoms with Crippen LogP contribution in [0.25, 0.3) is 11.1 Å². The normalized spacial score (nSPS) is 28.7. The molecule has 0 radical (unpaired) electrons. The molecule has 2 amide bonds. The number of aliphatic carboxylic acids is 1. The van der Waals surface area contributed by atoms with Gasteiger partial charge >= 0.3 is 12.1 Å². The molecule has 0 bridgehead atoms. The first-order chi connectivity index (χ1) is 16.5. The maximum atomic E-state index is 13.2. The summed E-state index contributed by atoms with van der Waals surface area (Å²) >= 11 is 0. The lowest BCUT2D eigenvalue weighted by Crippen LogP contribution is -2.45. The number of nitrogens with one attached hydrogen (secondary N) is 1. The fourth-order valence-electron chi connectivity index (χ4n) is 6.62.